The van der Waals surface area contributed by atoms with Crippen LogP contribution in [0.3, 0.4) is 0 Å². The van der Waals surface area contributed by atoms with E-state index in [0.29, 0.717) is 0 Å². The van der Waals surface area contributed by atoms with Crippen molar-refractivity contribution in [1.82, 2.24) is 0 Å². The second kappa shape index (κ2) is 7.74. The molecule has 0 heterocycles. The second-order valence-corrected chi connectivity index (χ2v) is 6.82. The van der Waals surface area contributed by atoms with Gasteiger partial charge in [0.05, 0.1) is 0 Å². The van der Waals surface area contributed by atoms with Crippen molar-refractivity contribution in [2.24, 2.45) is 0 Å². The molecule has 1 nitrogen and oxygen atoms in total. The van der Waals surface area contributed by atoms with E-state index in [4.69, 9.17) is 0 Å². The Kier molecular flexibility index (Phi) is 5.98. The minimum absolute atomic E-state index is 0.289. The number of nitrogens with one attached hydrogen (secondary N) is 1. The van der Waals surface area contributed by atoms with E-state index >= 15 is 0 Å². The van der Waals surface area contributed by atoms with E-state index in [1.165, 1.54) is 19.7 Å². The van der Waals surface area contributed by atoms with Crippen LogP contribution < -0.4 is 5.32 Å². The molecule has 0 aliphatic carbocycles. The lowest BCUT2D eigenvalue weighted by Crippen LogP contribution is -2.07. The van der Waals surface area contributed by atoms with Crippen LogP contribution in [0.5, 0.6) is 0 Å². The lowest BCUT2D eigenvalue weighted by atomic mass is 10.1. The molecule has 0 saturated heterocycles. The van der Waals surface area contributed by atoms with Gasteiger partial charge in [0.25, 0.3) is 0 Å². The first-order valence-corrected chi connectivity index (χ1v) is 8.62. The summed E-state index contributed by atoms with van der Waals surface area (Å²) in [5, 5.41) is 3.60. The maximum Gasteiger partial charge on any atom is 0.0486 e. The number of halogens is 1. The lowest BCUT2D eigenvalue weighted by molar-refractivity contribution is 0.879. The Hall–Kier alpha value is -0.940. The standard InChI is InChI=1S/C17H18INS/c1-3-12-20-17-7-5-4-6-16(17)19-13(2)14-8-10-15(18)11-9-14/h3-11,13,19H,1,12H2,2H3. The van der Waals surface area contributed by atoms with Crippen molar-refractivity contribution in [1.29, 1.82) is 0 Å². The van der Waals surface area contributed by atoms with Crippen LogP contribution in [0.1, 0.15) is 18.5 Å². The Balaban J connectivity index is 2.12. The number of rotatable bonds is 6. The zero-order valence-electron chi connectivity index (χ0n) is 11.5. The largest absolute Gasteiger partial charge is 0.378 e. The van der Waals surface area contributed by atoms with Crippen molar-refractivity contribution < 1.29 is 0 Å². The molecule has 0 fully saturated rings. The number of hydrogen-bond acceptors (Lipinski definition) is 2. The molecule has 1 unspecified atom stereocenters. The first kappa shape index (κ1) is 15.4. The molecule has 0 aromatic heterocycles. The van der Waals surface area contributed by atoms with Crippen LogP contribution in [0, 0.1) is 3.57 Å². The summed E-state index contributed by atoms with van der Waals surface area (Å²) in [5.41, 5.74) is 2.49. The minimum atomic E-state index is 0.289. The first-order valence-electron chi connectivity index (χ1n) is 6.55. The van der Waals surface area contributed by atoms with Gasteiger partial charge >= 0.3 is 0 Å². The van der Waals surface area contributed by atoms with E-state index < -0.39 is 0 Å². The Morgan fingerprint density at radius 3 is 2.60 bits per heavy atom. The van der Waals surface area contributed by atoms with E-state index in [9.17, 15) is 0 Å². The molecule has 2 aromatic rings. The van der Waals surface area contributed by atoms with Gasteiger partial charge in [-0.25, -0.2) is 0 Å². The highest BCUT2D eigenvalue weighted by Gasteiger charge is 2.08. The number of thioether (sulfide) groups is 1. The molecule has 2 aromatic carbocycles. The predicted octanol–water partition coefficient (Wildman–Crippen LogP) is 5.74. The fraction of sp³-hybridized carbons (Fsp3) is 0.176. The molecule has 3 heteroatoms. The minimum Gasteiger partial charge on any atom is -0.378 e. The molecule has 20 heavy (non-hydrogen) atoms. The number of anilines is 1. The topological polar surface area (TPSA) is 12.0 Å². The first-order chi connectivity index (χ1) is 9.70. The van der Waals surface area contributed by atoms with Gasteiger partial charge in [-0.15, -0.1) is 18.3 Å². The highest BCUT2D eigenvalue weighted by atomic mass is 127. The van der Waals surface area contributed by atoms with E-state index in [0.717, 1.165) is 5.75 Å². The van der Waals surface area contributed by atoms with Crippen LogP contribution in [0.2, 0.25) is 0 Å². The maximum atomic E-state index is 3.78. The summed E-state index contributed by atoms with van der Waals surface area (Å²) in [6, 6.07) is 17.4. The molecule has 2 rings (SSSR count). The molecule has 0 amide bonds. The second-order valence-electron chi connectivity index (χ2n) is 4.51. The zero-order valence-corrected chi connectivity index (χ0v) is 14.4. The molecule has 104 valence electrons. The molecule has 1 N–H and O–H groups in total. The molecule has 0 aliphatic rings. The molecule has 0 saturated carbocycles. The summed E-state index contributed by atoms with van der Waals surface area (Å²) >= 11 is 4.14. The van der Waals surface area contributed by atoms with E-state index in [-0.39, 0.29) is 6.04 Å². The van der Waals surface area contributed by atoms with Crippen LogP contribution in [0.15, 0.2) is 66.1 Å². The van der Waals surface area contributed by atoms with Crippen molar-refractivity contribution in [2.45, 2.75) is 17.9 Å². The third kappa shape index (κ3) is 4.28. The Morgan fingerprint density at radius 1 is 1.20 bits per heavy atom. The van der Waals surface area contributed by atoms with Gasteiger partial charge in [0, 0.05) is 25.9 Å². The van der Waals surface area contributed by atoms with Crippen molar-refractivity contribution >= 4 is 40.0 Å². The van der Waals surface area contributed by atoms with Crippen LogP contribution >= 0.6 is 34.4 Å². The van der Waals surface area contributed by atoms with Crippen LogP contribution in [-0.2, 0) is 0 Å². The van der Waals surface area contributed by atoms with E-state index in [1.807, 2.05) is 6.08 Å². The highest BCUT2D eigenvalue weighted by Crippen LogP contribution is 2.30. The fourth-order valence-electron chi connectivity index (χ4n) is 1.93. The van der Waals surface area contributed by atoms with Crippen molar-refractivity contribution in [2.75, 3.05) is 11.1 Å². The molecule has 0 bridgehead atoms. The summed E-state index contributed by atoms with van der Waals surface area (Å²) in [7, 11) is 0. The lowest BCUT2D eigenvalue weighted by Gasteiger charge is -2.18. The van der Waals surface area contributed by atoms with Gasteiger partial charge in [-0.1, -0.05) is 30.3 Å². The molecule has 1 atom stereocenters. The van der Waals surface area contributed by atoms with Gasteiger partial charge in [0.1, 0.15) is 0 Å². The average Bonchev–Trinajstić information content (AvgIpc) is 2.47. The quantitative estimate of drug-likeness (QED) is 0.380. The van der Waals surface area contributed by atoms with E-state index in [1.54, 1.807) is 11.8 Å². The van der Waals surface area contributed by atoms with Gasteiger partial charge in [-0.05, 0) is 59.3 Å². The number of para-hydroxylation sites is 1. The SMILES string of the molecule is C=CCSc1ccccc1NC(C)c1ccc(I)cc1. The van der Waals surface area contributed by atoms with Gasteiger partial charge in [-0.2, -0.15) is 0 Å². The van der Waals surface area contributed by atoms with Crippen molar-refractivity contribution in [3.63, 3.8) is 0 Å². The number of benzene rings is 2. The highest BCUT2D eigenvalue weighted by molar-refractivity contribution is 14.1. The summed E-state index contributed by atoms with van der Waals surface area (Å²) in [4.78, 5) is 1.27. The van der Waals surface area contributed by atoms with Gasteiger partial charge < -0.3 is 5.32 Å². The monoisotopic (exact) mass is 395 g/mol. The van der Waals surface area contributed by atoms with Crippen molar-refractivity contribution in [3.8, 4) is 0 Å². The Labute approximate surface area is 139 Å². The fourth-order valence-corrected chi connectivity index (χ4v) is 3.04. The third-order valence-corrected chi connectivity index (χ3v) is 4.77. The van der Waals surface area contributed by atoms with Crippen LogP contribution in [-0.4, -0.2) is 5.75 Å². The molecule has 0 spiro atoms. The van der Waals surface area contributed by atoms with Crippen LogP contribution in [0.4, 0.5) is 5.69 Å². The number of hydrogen-bond donors (Lipinski definition) is 1. The predicted molar refractivity (Wildman–Crippen MR) is 98.6 cm³/mol. The summed E-state index contributed by atoms with van der Waals surface area (Å²) in [6.45, 7) is 5.97. The Bertz CT molecular complexity index is 565. The molecular weight excluding hydrogens is 377 g/mol. The zero-order chi connectivity index (χ0) is 14.4. The molecule has 0 radical (unpaired) electrons. The molecule has 0 aliphatic heterocycles. The maximum absolute atomic E-state index is 3.78. The van der Waals surface area contributed by atoms with Gasteiger partial charge in [0.15, 0.2) is 0 Å². The van der Waals surface area contributed by atoms with Gasteiger partial charge in [-0.3, -0.25) is 0 Å². The van der Waals surface area contributed by atoms with Crippen molar-refractivity contribution in [3.05, 3.63) is 70.3 Å². The van der Waals surface area contributed by atoms with E-state index in [2.05, 4.69) is 89.9 Å². The third-order valence-electron chi connectivity index (χ3n) is 2.99. The summed E-state index contributed by atoms with van der Waals surface area (Å²) in [5.74, 6) is 0.927. The summed E-state index contributed by atoms with van der Waals surface area (Å²) in [6.07, 6.45) is 1.93. The van der Waals surface area contributed by atoms with Gasteiger partial charge in [0.2, 0.25) is 0 Å². The Morgan fingerprint density at radius 2 is 1.90 bits per heavy atom. The normalized spacial score (nSPS) is 11.9. The smallest absolute Gasteiger partial charge is 0.0486 e. The summed E-state index contributed by atoms with van der Waals surface area (Å²) < 4.78 is 1.26. The van der Waals surface area contributed by atoms with Crippen LogP contribution in [0.25, 0.3) is 0 Å². The average molecular weight is 395 g/mol. The molecular formula is C17H18INS.